The summed E-state index contributed by atoms with van der Waals surface area (Å²) in [5.74, 6) is 0.196. The quantitative estimate of drug-likeness (QED) is 0.768. The molecule has 0 amide bonds. The summed E-state index contributed by atoms with van der Waals surface area (Å²) < 4.78 is 1.28. The number of rotatable bonds is 1. The molecule has 2 rings (SSSR count). The standard InChI is InChI=1S/C11H3ClN6/c12-10-7(3-13)1-2-16-11(10)18-6-17-8(4-14)9(18)5-15/h1-2,6H. The Morgan fingerprint density at radius 3 is 2.50 bits per heavy atom. The number of hydrogen-bond acceptors (Lipinski definition) is 5. The van der Waals surface area contributed by atoms with Crippen LogP contribution in [0.2, 0.25) is 5.02 Å². The number of pyridine rings is 1. The minimum Gasteiger partial charge on any atom is -0.272 e. The monoisotopic (exact) mass is 254 g/mol. The van der Waals surface area contributed by atoms with Gasteiger partial charge in [-0.25, -0.2) is 9.97 Å². The summed E-state index contributed by atoms with van der Waals surface area (Å²) in [4.78, 5) is 7.77. The predicted octanol–water partition coefficient (Wildman–Crippen LogP) is 1.54. The van der Waals surface area contributed by atoms with Crippen molar-refractivity contribution in [3.8, 4) is 24.0 Å². The van der Waals surface area contributed by atoms with Gasteiger partial charge in [0.25, 0.3) is 0 Å². The predicted molar refractivity (Wildman–Crippen MR) is 60.5 cm³/mol. The van der Waals surface area contributed by atoms with Gasteiger partial charge in [0.2, 0.25) is 0 Å². The summed E-state index contributed by atoms with van der Waals surface area (Å²) in [5, 5.41) is 26.8. The molecule has 0 spiro atoms. The number of nitrogens with zero attached hydrogens (tertiary/aromatic N) is 6. The lowest BCUT2D eigenvalue weighted by atomic mass is 10.3. The van der Waals surface area contributed by atoms with Crippen LogP contribution in [0.1, 0.15) is 17.0 Å². The molecule has 0 fully saturated rings. The number of aromatic nitrogens is 3. The van der Waals surface area contributed by atoms with Crippen molar-refractivity contribution in [2.75, 3.05) is 0 Å². The zero-order valence-electron chi connectivity index (χ0n) is 8.79. The number of nitriles is 3. The highest BCUT2D eigenvalue weighted by Gasteiger charge is 2.16. The first-order valence-corrected chi connectivity index (χ1v) is 5.03. The highest BCUT2D eigenvalue weighted by Crippen LogP contribution is 2.23. The Morgan fingerprint density at radius 1 is 1.11 bits per heavy atom. The maximum atomic E-state index is 9.00. The van der Waals surface area contributed by atoms with Gasteiger partial charge in [-0.3, -0.25) is 4.57 Å². The summed E-state index contributed by atoms with van der Waals surface area (Å²) in [6, 6.07) is 7.02. The highest BCUT2D eigenvalue weighted by atomic mass is 35.5. The van der Waals surface area contributed by atoms with E-state index in [1.54, 1.807) is 6.07 Å². The summed E-state index contributed by atoms with van der Waals surface area (Å²) in [6.45, 7) is 0. The van der Waals surface area contributed by atoms with E-state index in [0.717, 1.165) is 0 Å². The van der Waals surface area contributed by atoms with E-state index in [0.29, 0.717) is 0 Å². The van der Waals surface area contributed by atoms with Crippen molar-refractivity contribution in [1.29, 1.82) is 15.8 Å². The van der Waals surface area contributed by atoms with E-state index >= 15 is 0 Å². The van der Waals surface area contributed by atoms with Gasteiger partial charge in [-0.15, -0.1) is 0 Å². The van der Waals surface area contributed by atoms with Crippen molar-refractivity contribution in [1.82, 2.24) is 14.5 Å². The van der Waals surface area contributed by atoms with Gasteiger partial charge in [-0.1, -0.05) is 11.6 Å². The van der Waals surface area contributed by atoms with Crippen LogP contribution in [0.15, 0.2) is 18.6 Å². The van der Waals surface area contributed by atoms with Crippen LogP contribution < -0.4 is 0 Å². The van der Waals surface area contributed by atoms with Gasteiger partial charge in [-0.2, -0.15) is 15.8 Å². The van der Waals surface area contributed by atoms with E-state index in [2.05, 4.69) is 9.97 Å². The molecule has 84 valence electrons. The van der Waals surface area contributed by atoms with Crippen molar-refractivity contribution in [2.45, 2.75) is 0 Å². The molecule has 0 saturated heterocycles. The SMILES string of the molecule is N#Cc1ccnc(-n2cnc(C#N)c2C#N)c1Cl. The van der Waals surface area contributed by atoms with Crippen LogP contribution in [0.4, 0.5) is 0 Å². The topological polar surface area (TPSA) is 102 Å². The molecule has 0 bridgehead atoms. The second-order valence-corrected chi connectivity index (χ2v) is 3.52. The number of halogens is 1. The third-order valence-corrected chi connectivity index (χ3v) is 2.57. The lowest BCUT2D eigenvalue weighted by Crippen LogP contribution is -2.01. The first kappa shape index (κ1) is 11.6. The molecule has 2 aromatic rings. The summed E-state index contributed by atoms with van der Waals surface area (Å²) in [7, 11) is 0. The average Bonchev–Trinajstić information content (AvgIpc) is 2.81. The maximum absolute atomic E-state index is 9.00. The van der Waals surface area contributed by atoms with Gasteiger partial charge in [0.05, 0.1) is 5.56 Å². The summed E-state index contributed by atoms with van der Waals surface area (Å²) >= 11 is 6.00. The lowest BCUT2D eigenvalue weighted by Gasteiger charge is -2.05. The van der Waals surface area contributed by atoms with Gasteiger partial charge in [-0.05, 0) is 6.07 Å². The van der Waals surface area contributed by atoms with E-state index in [9.17, 15) is 0 Å². The summed E-state index contributed by atoms with van der Waals surface area (Å²) in [5.41, 5.74) is 0.248. The largest absolute Gasteiger partial charge is 0.272 e. The fourth-order valence-electron chi connectivity index (χ4n) is 1.38. The first-order chi connectivity index (χ1) is 8.72. The molecule has 0 N–H and O–H groups in total. The van der Waals surface area contributed by atoms with E-state index in [1.807, 2.05) is 12.1 Å². The van der Waals surface area contributed by atoms with Crippen LogP contribution in [0, 0.1) is 34.0 Å². The number of imidazole rings is 1. The van der Waals surface area contributed by atoms with Crippen LogP contribution >= 0.6 is 11.6 Å². The molecule has 18 heavy (non-hydrogen) atoms. The molecule has 2 heterocycles. The Balaban J connectivity index is 2.73. The van der Waals surface area contributed by atoms with Gasteiger partial charge in [0.1, 0.15) is 29.6 Å². The minimum absolute atomic E-state index is 0.0160. The fraction of sp³-hybridized carbons (Fsp3) is 0. The third-order valence-electron chi connectivity index (χ3n) is 2.20. The van der Waals surface area contributed by atoms with E-state index in [-0.39, 0.29) is 27.8 Å². The smallest absolute Gasteiger partial charge is 0.177 e. The molecule has 0 aliphatic rings. The zero-order chi connectivity index (χ0) is 13.1. The van der Waals surface area contributed by atoms with Crippen LogP contribution in [-0.2, 0) is 0 Å². The second-order valence-electron chi connectivity index (χ2n) is 3.14. The maximum Gasteiger partial charge on any atom is 0.177 e. The number of hydrogen-bond donors (Lipinski definition) is 0. The van der Waals surface area contributed by atoms with Gasteiger partial charge < -0.3 is 0 Å². The Labute approximate surface area is 107 Å². The van der Waals surface area contributed by atoms with Crippen molar-refractivity contribution in [3.63, 3.8) is 0 Å². The molecular formula is C11H3ClN6. The van der Waals surface area contributed by atoms with E-state index in [1.165, 1.54) is 23.2 Å². The molecule has 0 aliphatic heterocycles. The highest BCUT2D eigenvalue weighted by molar-refractivity contribution is 6.33. The normalized spacial score (nSPS) is 9.22. The van der Waals surface area contributed by atoms with Gasteiger partial charge in [0.15, 0.2) is 17.2 Å². The first-order valence-electron chi connectivity index (χ1n) is 4.65. The van der Waals surface area contributed by atoms with Crippen LogP contribution in [-0.4, -0.2) is 14.5 Å². The molecule has 6 nitrogen and oxygen atoms in total. The van der Waals surface area contributed by atoms with Gasteiger partial charge in [0, 0.05) is 6.20 Å². The van der Waals surface area contributed by atoms with Crippen LogP contribution in [0.25, 0.3) is 5.82 Å². The molecule has 7 heteroatoms. The molecule has 0 aliphatic carbocycles. The third kappa shape index (κ3) is 1.66. The Hall–Kier alpha value is -2.88. The van der Waals surface area contributed by atoms with Crippen molar-refractivity contribution in [2.24, 2.45) is 0 Å². The molecule has 0 aromatic carbocycles. The molecule has 0 unspecified atom stereocenters. The second kappa shape index (κ2) is 4.55. The molecule has 0 atom stereocenters. The fourth-order valence-corrected chi connectivity index (χ4v) is 1.63. The van der Waals surface area contributed by atoms with Crippen LogP contribution in [0.3, 0.4) is 0 Å². The van der Waals surface area contributed by atoms with Crippen molar-refractivity contribution < 1.29 is 0 Å². The average molecular weight is 255 g/mol. The van der Waals surface area contributed by atoms with Crippen LogP contribution in [0.5, 0.6) is 0 Å². The lowest BCUT2D eigenvalue weighted by molar-refractivity contribution is 0.974. The van der Waals surface area contributed by atoms with Crippen molar-refractivity contribution >= 4 is 11.6 Å². The van der Waals surface area contributed by atoms with Crippen molar-refractivity contribution in [3.05, 3.63) is 40.6 Å². The minimum atomic E-state index is -0.0160. The van der Waals surface area contributed by atoms with E-state index in [4.69, 9.17) is 27.4 Å². The molecular weight excluding hydrogens is 252 g/mol. The van der Waals surface area contributed by atoms with E-state index < -0.39 is 0 Å². The Kier molecular flexibility index (Phi) is 2.93. The Morgan fingerprint density at radius 2 is 1.89 bits per heavy atom. The van der Waals surface area contributed by atoms with Gasteiger partial charge >= 0.3 is 0 Å². The summed E-state index contributed by atoms with van der Waals surface area (Å²) in [6.07, 6.45) is 2.67. The Bertz CT molecular complexity index is 728. The molecule has 0 radical (unpaired) electrons. The zero-order valence-corrected chi connectivity index (χ0v) is 9.55. The molecule has 0 saturated carbocycles. The molecule has 2 aromatic heterocycles.